The smallest absolute Gasteiger partial charge is 0.290 e. The third kappa shape index (κ3) is 5.35. The summed E-state index contributed by atoms with van der Waals surface area (Å²) in [7, 11) is 0. The Kier molecular flexibility index (Phi) is 7.12. The zero-order valence-electron chi connectivity index (χ0n) is 18.3. The number of pyridine rings is 1. The third-order valence-corrected chi connectivity index (χ3v) is 6.72. The molecule has 0 aliphatic carbocycles. The third-order valence-electron chi connectivity index (χ3n) is 5.28. The minimum absolute atomic E-state index is 0.110. The number of benzene rings is 3. The number of alkyl halides is 2. The number of fused-ring (bicyclic) bond motifs is 1. The lowest BCUT2D eigenvalue weighted by atomic mass is 10.00. The maximum absolute atomic E-state index is 15.0. The van der Waals surface area contributed by atoms with Crippen molar-refractivity contribution in [1.29, 1.82) is 0 Å². The van der Waals surface area contributed by atoms with Crippen molar-refractivity contribution in [3.05, 3.63) is 99.2 Å². The Hall–Kier alpha value is -2.67. The van der Waals surface area contributed by atoms with E-state index in [0.717, 1.165) is 5.56 Å². The predicted octanol–water partition coefficient (Wildman–Crippen LogP) is 7.83. The molecule has 174 valence electrons. The minimum Gasteiger partial charge on any atom is -0.346 e. The van der Waals surface area contributed by atoms with Crippen LogP contribution in [0.4, 0.5) is 8.78 Å². The van der Waals surface area contributed by atoms with Crippen LogP contribution >= 0.6 is 35.0 Å². The van der Waals surface area contributed by atoms with E-state index < -0.39 is 18.4 Å². The van der Waals surface area contributed by atoms with Gasteiger partial charge >= 0.3 is 0 Å². The Balaban J connectivity index is 1.67. The highest BCUT2D eigenvalue weighted by Crippen LogP contribution is 2.36. The normalized spacial score (nSPS) is 11.6. The molecule has 0 unspecified atom stereocenters. The second kappa shape index (κ2) is 9.90. The molecule has 3 nitrogen and oxygen atoms in total. The molecule has 0 saturated carbocycles. The summed E-state index contributed by atoms with van der Waals surface area (Å²) in [6.07, 6.45) is 1.55. The second-order valence-electron chi connectivity index (χ2n) is 7.93. The van der Waals surface area contributed by atoms with Crippen molar-refractivity contribution in [3.8, 4) is 0 Å². The summed E-state index contributed by atoms with van der Waals surface area (Å²) in [5, 5.41) is 3.90. The van der Waals surface area contributed by atoms with Crippen LogP contribution in [0.3, 0.4) is 0 Å². The van der Waals surface area contributed by atoms with Crippen LogP contribution in [0.15, 0.2) is 76.7 Å². The monoisotopic (exact) mass is 516 g/mol. The molecule has 0 fully saturated rings. The fourth-order valence-corrected chi connectivity index (χ4v) is 5.44. The lowest BCUT2D eigenvalue weighted by molar-refractivity contribution is -0.00308. The lowest BCUT2D eigenvalue weighted by Gasteiger charge is -2.20. The number of para-hydroxylation sites is 1. The zero-order chi connectivity index (χ0) is 24.5. The van der Waals surface area contributed by atoms with Gasteiger partial charge in [0.05, 0.1) is 17.6 Å². The van der Waals surface area contributed by atoms with E-state index >= 15 is 8.78 Å². The van der Waals surface area contributed by atoms with E-state index in [1.165, 1.54) is 17.8 Å². The van der Waals surface area contributed by atoms with Crippen molar-refractivity contribution in [2.45, 2.75) is 29.6 Å². The molecule has 3 aromatic carbocycles. The maximum atomic E-state index is 15.0. The van der Waals surface area contributed by atoms with Gasteiger partial charge in [0.15, 0.2) is 0 Å². The average Bonchev–Trinajstić information content (AvgIpc) is 2.76. The van der Waals surface area contributed by atoms with Crippen molar-refractivity contribution < 1.29 is 13.6 Å². The van der Waals surface area contributed by atoms with Crippen molar-refractivity contribution >= 4 is 51.8 Å². The van der Waals surface area contributed by atoms with E-state index in [1.807, 2.05) is 6.92 Å². The van der Waals surface area contributed by atoms with Gasteiger partial charge in [0.25, 0.3) is 11.8 Å². The van der Waals surface area contributed by atoms with Gasteiger partial charge < -0.3 is 5.32 Å². The fourth-order valence-electron chi connectivity index (χ4n) is 3.75. The van der Waals surface area contributed by atoms with Crippen LogP contribution in [0.2, 0.25) is 10.0 Å². The van der Waals surface area contributed by atoms with E-state index in [0.29, 0.717) is 36.3 Å². The van der Waals surface area contributed by atoms with Gasteiger partial charge in [-0.3, -0.25) is 9.78 Å². The first kappa shape index (κ1) is 24.5. The Morgan fingerprint density at radius 2 is 1.74 bits per heavy atom. The van der Waals surface area contributed by atoms with Gasteiger partial charge in [-0.1, -0.05) is 76.9 Å². The van der Waals surface area contributed by atoms with E-state index in [-0.39, 0.29) is 11.1 Å². The number of halogens is 4. The summed E-state index contributed by atoms with van der Waals surface area (Å²) in [4.78, 5) is 18.9. The number of rotatable bonds is 6. The van der Waals surface area contributed by atoms with Crippen molar-refractivity contribution in [2.75, 3.05) is 6.54 Å². The number of amides is 1. The summed E-state index contributed by atoms with van der Waals surface area (Å²) in [6.45, 7) is 2.65. The molecule has 0 aliphatic rings. The Morgan fingerprint density at radius 1 is 1.03 bits per heavy atom. The molecule has 4 aromatic rings. The molecule has 0 atom stereocenters. The molecule has 1 amide bonds. The largest absolute Gasteiger partial charge is 0.346 e. The van der Waals surface area contributed by atoms with Crippen molar-refractivity contribution in [1.82, 2.24) is 10.3 Å². The minimum atomic E-state index is -3.23. The summed E-state index contributed by atoms with van der Waals surface area (Å²) in [5.41, 5.74) is 2.11. The van der Waals surface area contributed by atoms with Gasteiger partial charge in [-0.05, 0) is 43.7 Å². The lowest BCUT2D eigenvalue weighted by Crippen LogP contribution is -2.35. The molecule has 0 spiro atoms. The van der Waals surface area contributed by atoms with Gasteiger partial charge in [0.2, 0.25) is 0 Å². The molecule has 1 heterocycles. The summed E-state index contributed by atoms with van der Waals surface area (Å²) >= 11 is 13.5. The van der Waals surface area contributed by atoms with Gasteiger partial charge in [0, 0.05) is 37.0 Å². The molecule has 1 aromatic heterocycles. The SMILES string of the molecule is Cc1ccc(C(F)(F)CNC(=O)c2c(Sc3cc(Cl)cc(Cl)c3)cnc3ccccc23)c(C)c1. The average molecular weight is 517 g/mol. The molecule has 0 radical (unpaired) electrons. The number of aryl methyl sites for hydroxylation is 2. The molecule has 1 N–H and O–H groups in total. The van der Waals surface area contributed by atoms with Gasteiger partial charge in [-0.25, -0.2) is 0 Å². The number of hydrogen-bond acceptors (Lipinski definition) is 3. The van der Waals surface area contributed by atoms with E-state index in [4.69, 9.17) is 23.2 Å². The summed E-state index contributed by atoms with van der Waals surface area (Å²) < 4.78 is 30.0. The zero-order valence-corrected chi connectivity index (χ0v) is 20.7. The first-order valence-electron chi connectivity index (χ1n) is 10.4. The standard InChI is InChI=1S/C26H20Cl2F2N2OS/c1-15-7-8-21(16(2)9-15)26(29,30)14-32-25(33)24-20-5-3-4-6-22(20)31-13-23(24)34-19-11-17(27)10-18(28)12-19/h3-13H,14H2,1-2H3,(H,32,33). The number of hydrogen-bond donors (Lipinski definition) is 1. The van der Waals surface area contributed by atoms with E-state index in [2.05, 4.69) is 10.3 Å². The summed E-state index contributed by atoms with van der Waals surface area (Å²) in [6, 6.07) is 16.9. The van der Waals surface area contributed by atoms with Gasteiger partial charge in [-0.2, -0.15) is 8.78 Å². The highest BCUT2D eigenvalue weighted by atomic mass is 35.5. The molecule has 34 heavy (non-hydrogen) atoms. The number of carbonyl (C=O) groups is 1. The molecule has 8 heteroatoms. The molecule has 0 bridgehead atoms. The van der Waals surface area contributed by atoms with Gasteiger partial charge in [-0.15, -0.1) is 0 Å². The van der Waals surface area contributed by atoms with Crippen LogP contribution in [-0.4, -0.2) is 17.4 Å². The molecular weight excluding hydrogens is 497 g/mol. The number of nitrogens with zero attached hydrogens (tertiary/aromatic N) is 1. The Bertz CT molecular complexity index is 1370. The van der Waals surface area contributed by atoms with Crippen LogP contribution in [0.5, 0.6) is 0 Å². The maximum Gasteiger partial charge on any atom is 0.290 e. The molecule has 4 rings (SSSR count). The molecular formula is C26H20Cl2F2N2OS. The topological polar surface area (TPSA) is 42.0 Å². The quantitative estimate of drug-likeness (QED) is 0.283. The fraction of sp³-hybridized carbons (Fsp3) is 0.154. The first-order valence-corrected chi connectivity index (χ1v) is 12.0. The second-order valence-corrected chi connectivity index (χ2v) is 9.92. The number of carbonyl (C=O) groups excluding carboxylic acids is 1. The van der Waals surface area contributed by atoms with Crippen LogP contribution in [0.25, 0.3) is 10.9 Å². The van der Waals surface area contributed by atoms with Crippen LogP contribution in [0.1, 0.15) is 27.0 Å². The highest BCUT2D eigenvalue weighted by Gasteiger charge is 2.34. The van der Waals surface area contributed by atoms with E-state index in [9.17, 15) is 4.79 Å². The Labute approximate surface area is 210 Å². The Morgan fingerprint density at radius 3 is 2.44 bits per heavy atom. The van der Waals surface area contributed by atoms with E-state index in [1.54, 1.807) is 67.7 Å². The molecule has 0 aliphatic heterocycles. The van der Waals surface area contributed by atoms with Crippen LogP contribution in [-0.2, 0) is 5.92 Å². The van der Waals surface area contributed by atoms with Crippen molar-refractivity contribution in [2.24, 2.45) is 0 Å². The predicted molar refractivity (Wildman–Crippen MR) is 134 cm³/mol. The van der Waals surface area contributed by atoms with Crippen molar-refractivity contribution in [3.63, 3.8) is 0 Å². The number of nitrogens with one attached hydrogen (secondary N) is 1. The van der Waals surface area contributed by atoms with Crippen LogP contribution in [0, 0.1) is 13.8 Å². The van der Waals surface area contributed by atoms with Crippen LogP contribution < -0.4 is 5.32 Å². The van der Waals surface area contributed by atoms with Gasteiger partial charge in [0.1, 0.15) is 0 Å². The highest BCUT2D eigenvalue weighted by molar-refractivity contribution is 7.99. The number of aromatic nitrogens is 1. The molecule has 0 saturated heterocycles. The summed E-state index contributed by atoms with van der Waals surface area (Å²) in [5.74, 6) is -3.84. The first-order chi connectivity index (χ1) is 16.1.